The predicted molar refractivity (Wildman–Crippen MR) is 94.5 cm³/mol. The van der Waals surface area contributed by atoms with Gasteiger partial charge in [0.05, 0.1) is 16.8 Å². The Morgan fingerprint density at radius 1 is 0.808 bits per heavy atom. The highest BCUT2D eigenvalue weighted by Crippen LogP contribution is 2.16. The SMILES string of the molecule is Cc1ccc(N=Nc2ncc(C#Cc3c(F)cc(C)cc3F)cn2)cc1. The molecule has 26 heavy (non-hydrogen) atoms. The van der Waals surface area contributed by atoms with Gasteiger partial charge in [-0.25, -0.2) is 18.7 Å². The fourth-order valence-corrected chi connectivity index (χ4v) is 2.11. The number of rotatable bonds is 2. The van der Waals surface area contributed by atoms with E-state index in [1.807, 2.05) is 31.2 Å². The number of benzene rings is 2. The van der Waals surface area contributed by atoms with Gasteiger partial charge in [0.2, 0.25) is 0 Å². The highest BCUT2D eigenvalue weighted by Gasteiger charge is 2.07. The largest absolute Gasteiger partial charge is 0.268 e. The molecule has 3 rings (SSSR count). The van der Waals surface area contributed by atoms with Crippen molar-refractivity contribution in [1.29, 1.82) is 0 Å². The normalized spacial score (nSPS) is 10.6. The molecular weight excluding hydrogens is 334 g/mol. The number of aryl methyl sites for hydroxylation is 2. The first-order chi connectivity index (χ1) is 12.5. The van der Waals surface area contributed by atoms with E-state index >= 15 is 0 Å². The number of halogens is 2. The van der Waals surface area contributed by atoms with Crippen molar-refractivity contribution in [1.82, 2.24) is 9.97 Å². The maximum atomic E-state index is 13.8. The van der Waals surface area contributed by atoms with Crippen LogP contribution in [0.1, 0.15) is 22.3 Å². The number of hydrogen-bond donors (Lipinski definition) is 0. The van der Waals surface area contributed by atoms with Gasteiger partial charge >= 0.3 is 0 Å². The van der Waals surface area contributed by atoms with Crippen LogP contribution in [0.25, 0.3) is 0 Å². The summed E-state index contributed by atoms with van der Waals surface area (Å²) in [5.74, 6) is 3.90. The average molecular weight is 348 g/mol. The fraction of sp³-hybridized carbons (Fsp3) is 0.100. The maximum Gasteiger partial charge on any atom is 0.268 e. The number of nitrogens with zero attached hydrogens (tertiary/aromatic N) is 4. The van der Waals surface area contributed by atoms with Crippen LogP contribution in [0.15, 0.2) is 59.0 Å². The Morgan fingerprint density at radius 3 is 2.04 bits per heavy atom. The monoisotopic (exact) mass is 348 g/mol. The van der Waals surface area contributed by atoms with Gasteiger partial charge in [-0.05, 0) is 43.7 Å². The smallest absolute Gasteiger partial charge is 0.217 e. The van der Waals surface area contributed by atoms with Gasteiger partial charge in [-0.1, -0.05) is 29.5 Å². The van der Waals surface area contributed by atoms with E-state index in [0.717, 1.165) is 5.56 Å². The predicted octanol–water partition coefficient (Wildman–Crippen LogP) is 5.19. The fourth-order valence-electron chi connectivity index (χ4n) is 2.11. The standard InChI is InChI=1S/C20H14F2N4/c1-13-3-6-16(7-4-13)25-26-20-23-11-15(12-24-20)5-8-17-18(21)9-14(2)10-19(17)22/h3-4,6-7,9-12H,1-2H3. The van der Waals surface area contributed by atoms with Gasteiger partial charge in [0.25, 0.3) is 5.95 Å². The van der Waals surface area contributed by atoms with Crippen LogP contribution in [0, 0.1) is 37.3 Å². The summed E-state index contributed by atoms with van der Waals surface area (Å²) in [5, 5.41) is 7.98. The van der Waals surface area contributed by atoms with Crippen LogP contribution in [0.2, 0.25) is 0 Å². The molecule has 0 aliphatic rings. The second-order valence-electron chi connectivity index (χ2n) is 5.66. The zero-order chi connectivity index (χ0) is 18.5. The molecule has 1 heterocycles. The van der Waals surface area contributed by atoms with E-state index in [1.165, 1.54) is 24.5 Å². The average Bonchev–Trinajstić information content (AvgIpc) is 2.61. The molecule has 0 saturated carbocycles. The summed E-state index contributed by atoms with van der Waals surface area (Å²) in [7, 11) is 0. The van der Waals surface area contributed by atoms with E-state index in [2.05, 4.69) is 32.0 Å². The molecule has 6 heteroatoms. The summed E-state index contributed by atoms with van der Waals surface area (Å²) in [5.41, 5.74) is 2.45. The molecule has 4 nitrogen and oxygen atoms in total. The van der Waals surface area contributed by atoms with Crippen LogP contribution in [-0.2, 0) is 0 Å². The van der Waals surface area contributed by atoms with Crippen molar-refractivity contribution < 1.29 is 8.78 Å². The van der Waals surface area contributed by atoms with Crippen LogP contribution < -0.4 is 0 Å². The van der Waals surface area contributed by atoms with E-state index < -0.39 is 11.6 Å². The summed E-state index contributed by atoms with van der Waals surface area (Å²) in [6.45, 7) is 3.60. The molecule has 3 aromatic rings. The summed E-state index contributed by atoms with van der Waals surface area (Å²) < 4.78 is 27.5. The Bertz CT molecular complexity index is 991. The third kappa shape index (κ3) is 4.33. The van der Waals surface area contributed by atoms with E-state index in [0.29, 0.717) is 16.8 Å². The van der Waals surface area contributed by atoms with Crippen molar-refractivity contribution in [3.05, 3.63) is 82.7 Å². The maximum absolute atomic E-state index is 13.8. The molecule has 0 spiro atoms. The Morgan fingerprint density at radius 2 is 1.42 bits per heavy atom. The second kappa shape index (κ2) is 7.62. The van der Waals surface area contributed by atoms with Gasteiger partial charge in [-0.2, -0.15) is 0 Å². The first-order valence-corrected chi connectivity index (χ1v) is 7.79. The van der Waals surface area contributed by atoms with Crippen LogP contribution in [0.4, 0.5) is 20.4 Å². The minimum Gasteiger partial charge on any atom is -0.217 e. The molecule has 0 radical (unpaired) electrons. The molecule has 1 aromatic heterocycles. The van der Waals surface area contributed by atoms with Crippen molar-refractivity contribution in [2.45, 2.75) is 13.8 Å². The highest BCUT2D eigenvalue weighted by molar-refractivity contribution is 5.44. The lowest BCUT2D eigenvalue weighted by atomic mass is 10.1. The molecule has 128 valence electrons. The molecule has 0 amide bonds. The lowest BCUT2D eigenvalue weighted by Gasteiger charge is -1.99. The molecule has 0 fully saturated rings. The van der Waals surface area contributed by atoms with Crippen LogP contribution in [0.3, 0.4) is 0 Å². The Labute approximate surface area is 149 Å². The summed E-state index contributed by atoms with van der Waals surface area (Å²) in [6, 6.07) is 10.00. The Hall–Kier alpha value is -3.46. The summed E-state index contributed by atoms with van der Waals surface area (Å²) in [6.07, 6.45) is 2.85. The molecule has 0 saturated heterocycles. The Balaban J connectivity index is 1.76. The third-order valence-electron chi connectivity index (χ3n) is 3.45. The zero-order valence-corrected chi connectivity index (χ0v) is 14.2. The molecule has 0 N–H and O–H groups in total. The quantitative estimate of drug-likeness (QED) is 0.473. The van der Waals surface area contributed by atoms with Gasteiger partial charge in [-0.15, -0.1) is 10.2 Å². The Kier molecular flexibility index (Phi) is 5.09. The summed E-state index contributed by atoms with van der Waals surface area (Å²) >= 11 is 0. The van der Waals surface area contributed by atoms with E-state index in [9.17, 15) is 8.78 Å². The highest BCUT2D eigenvalue weighted by atomic mass is 19.1. The lowest BCUT2D eigenvalue weighted by Crippen LogP contribution is -1.92. The van der Waals surface area contributed by atoms with Crippen LogP contribution >= 0.6 is 0 Å². The van der Waals surface area contributed by atoms with Crippen molar-refractivity contribution in [3.63, 3.8) is 0 Å². The first-order valence-electron chi connectivity index (χ1n) is 7.79. The van der Waals surface area contributed by atoms with Gasteiger partial charge in [0.15, 0.2) is 0 Å². The second-order valence-corrected chi connectivity index (χ2v) is 5.66. The van der Waals surface area contributed by atoms with Crippen molar-refractivity contribution >= 4 is 11.6 Å². The minimum atomic E-state index is -0.695. The van der Waals surface area contributed by atoms with Gasteiger partial charge in [0.1, 0.15) is 11.6 Å². The molecule has 0 unspecified atom stereocenters. The first kappa shape index (κ1) is 17.4. The molecule has 0 atom stereocenters. The van der Waals surface area contributed by atoms with Gasteiger partial charge in [-0.3, -0.25) is 0 Å². The van der Waals surface area contributed by atoms with Gasteiger partial charge < -0.3 is 0 Å². The van der Waals surface area contributed by atoms with Crippen molar-refractivity contribution in [2.24, 2.45) is 10.2 Å². The van der Waals surface area contributed by atoms with E-state index in [-0.39, 0.29) is 11.5 Å². The zero-order valence-electron chi connectivity index (χ0n) is 14.2. The number of azo groups is 1. The lowest BCUT2D eigenvalue weighted by molar-refractivity contribution is 0.575. The van der Waals surface area contributed by atoms with Crippen LogP contribution in [-0.4, -0.2) is 9.97 Å². The van der Waals surface area contributed by atoms with E-state index in [1.54, 1.807) is 6.92 Å². The van der Waals surface area contributed by atoms with Crippen molar-refractivity contribution in [3.8, 4) is 11.8 Å². The topological polar surface area (TPSA) is 50.5 Å². The van der Waals surface area contributed by atoms with Gasteiger partial charge in [0, 0.05) is 12.4 Å². The number of aromatic nitrogens is 2. The van der Waals surface area contributed by atoms with E-state index in [4.69, 9.17) is 0 Å². The van der Waals surface area contributed by atoms with Crippen LogP contribution in [0.5, 0.6) is 0 Å². The van der Waals surface area contributed by atoms with Crippen molar-refractivity contribution in [2.75, 3.05) is 0 Å². The minimum absolute atomic E-state index is 0.170. The third-order valence-corrected chi connectivity index (χ3v) is 3.45. The number of hydrogen-bond acceptors (Lipinski definition) is 4. The molecule has 0 aliphatic carbocycles. The molecule has 0 aliphatic heterocycles. The molecule has 0 bridgehead atoms. The molecular formula is C20H14F2N4. The summed E-state index contributed by atoms with van der Waals surface area (Å²) in [4.78, 5) is 8.04. The molecule has 2 aromatic carbocycles.